The van der Waals surface area contributed by atoms with E-state index in [0.717, 1.165) is 37.2 Å². The van der Waals surface area contributed by atoms with E-state index >= 15 is 0 Å². The van der Waals surface area contributed by atoms with Crippen LogP contribution < -0.4 is 16.0 Å². The molecule has 0 aliphatic carbocycles. The van der Waals surface area contributed by atoms with Gasteiger partial charge >= 0.3 is 0 Å². The number of carbonyl (C=O) groups excluding carboxylic acids is 1. The van der Waals surface area contributed by atoms with Crippen molar-refractivity contribution < 1.29 is 4.79 Å². The summed E-state index contributed by atoms with van der Waals surface area (Å²) in [5, 5.41) is 3.05. The van der Waals surface area contributed by atoms with E-state index in [-0.39, 0.29) is 42.4 Å². The Morgan fingerprint density at radius 1 is 1.23 bits per heavy atom. The molecule has 2 aromatic carbocycles. The number of guanidine groups is 1. The Kier molecular flexibility index (Phi) is 7.44. The third-order valence-electron chi connectivity index (χ3n) is 4.40. The summed E-state index contributed by atoms with van der Waals surface area (Å²) in [7, 11) is 0. The average molecular weight is 464 g/mol. The maximum absolute atomic E-state index is 12.6. The number of nitrogens with two attached hydrogens (primary N) is 1. The molecule has 1 aliphatic rings. The molecule has 1 heterocycles. The van der Waals surface area contributed by atoms with Crippen molar-refractivity contribution >= 4 is 47.2 Å². The molecule has 0 fully saturated rings. The van der Waals surface area contributed by atoms with Gasteiger partial charge in [-0.2, -0.15) is 0 Å². The van der Waals surface area contributed by atoms with Gasteiger partial charge in [0.2, 0.25) is 5.91 Å². The van der Waals surface area contributed by atoms with Crippen molar-refractivity contribution in [2.24, 2.45) is 10.7 Å². The molecule has 0 saturated carbocycles. The zero-order chi connectivity index (χ0) is 17.6. The highest BCUT2D eigenvalue weighted by Gasteiger charge is 2.21. The first-order valence-corrected chi connectivity index (χ1v) is 8.71. The number of halogens is 1. The normalized spacial score (nSPS) is 13.6. The fourth-order valence-electron chi connectivity index (χ4n) is 3.09. The molecule has 3 N–H and O–H groups in total. The predicted octanol–water partition coefficient (Wildman–Crippen LogP) is 3.57. The van der Waals surface area contributed by atoms with Crippen molar-refractivity contribution in [3.05, 3.63) is 59.7 Å². The van der Waals surface area contributed by atoms with Crippen LogP contribution >= 0.6 is 24.0 Å². The van der Waals surface area contributed by atoms with Crippen molar-refractivity contribution in [1.29, 1.82) is 0 Å². The second kappa shape index (κ2) is 9.56. The molecule has 26 heavy (non-hydrogen) atoms. The molecule has 5 nitrogen and oxygen atoms in total. The number of hydrogen-bond donors (Lipinski definition) is 2. The number of para-hydroxylation sites is 1. The summed E-state index contributed by atoms with van der Waals surface area (Å²) in [6, 6.07) is 16.1. The largest absolute Gasteiger partial charge is 0.370 e. The number of anilines is 2. The summed E-state index contributed by atoms with van der Waals surface area (Å²) in [4.78, 5) is 18.6. The first kappa shape index (κ1) is 20.2. The minimum atomic E-state index is -0.0285. The van der Waals surface area contributed by atoms with Crippen molar-refractivity contribution in [3.8, 4) is 0 Å². The van der Waals surface area contributed by atoms with Crippen LogP contribution in [0.4, 0.5) is 11.4 Å². The zero-order valence-electron chi connectivity index (χ0n) is 14.9. The molecular formula is C20H25IN4O. The molecule has 2 aromatic rings. The number of carbonyl (C=O) groups is 1. The number of hydrogen-bond acceptors (Lipinski definition) is 2. The lowest BCUT2D eigenvalue weighted by Crippen LogP contribution is -2.37. The molecule has 0 saturated heterocycles. The van der Waals surface area contributed by atoms with Crippen LogP contribution in [-0.2, 0) is 17.6 Å². The molecule has 138 valence electrons. The number of aryl methyl sites for hydroxylation is 2. The summed E-state index contributed by atoms with van der Waals surface area (Å²) < 4.78 is 0. The lowest BCUT2D eigenvalue weighted by molar-refractivity contribution is -0.117. The van der Waals surface area contributed by atoms with E-state index in [1.807, 2.05) is 41.3 Å². The summed E-state index contributed by atoms with van der Waals surface area (Å²) in [5.74, 6) is 0.228. The number of rotatable bonds is 4. The molecule has 0 bridgehead atoms. The highest BCUT2D eigenvalue weighted by molar-refractivity contribution is 14.0. The van der Waals surface area contributed by atoms with Gasteiger partial charge in [-0.25, -0.2) is 4.99 Å². The topological polar surface area (TPSA) is 70.7 Å². The van der Waals surface area contributed by atoms with Gasteiger partial charge in [0.1, 0.15) is 6.54 Å². The number of nitrogens with zero attached hydrogens (tertiary/aromatic N) is 2. The van der Waals surface area contributed by atoms with Gasteiger partial charge < -0.3 is 16.0 Å². The Labute approximate surface area is 171 Å². The van der Waals surface area contributed by atoms with Gasteiger partial charge in [0.05, 0.1) is 0 Å². The predicted molar refractivity (Wildman–Crippen MR) is 118 cm³/mol. The fraction of sp³-hybridized carbons (Fsp3) is 0.300. The Hall–Kier alpha value is -2.09. The lowest BCUT2D eigenvalue weighted by Gasteiger charge is -2.29. The molecule has 6 heteroatoms. The molecule has 0 radical (unpaired) electrons. The minimum absolute atomic E-state index is 0. The molecule has 1 amide bonds. The monoisotopic (exact) mass is 464 g/mol. The highest BCUT2D eigenvalue weighted by atomic mass is 127. The van der Waals surface area contributed by atoms with Crippen molar-refractivity contribution in [2.45, 2.75) is 26.2 Å². The fourth-order valence-corrected chi connectivity index (χ4v) is 3.09. The van der Waals surface area contributed by atoms with E-state index in [1.165, 1.54) is 11.1 Å². The van der Waals surface area contributed by atoms with Crippen LogP contribution in [0.15, 0.2) is 53.5 Å². The standard InChI is InChI=1S/C20H24N4O.HI/c1-2-15-7-5-10-17(13-15)23-20(21)22-14-19(25)24-12-6-9-16-8-3-4-11-18(16)24;/h3-5,7-8,10-11,13H,2,6,9,12,14H2,1H3,(H3,21,22,23);1H. The van der Waals surface area contributed by atoms with E-state index in [1.54, 1.807) is 0 Å². The Balaban J connectivity index is 0.00000243. The molecule has 0 spiro atoms. The summed E-state index contributed by atoms with van der Waals surface area (Å²) in [6.45, 7) is 2.88. The molecular weight excluding hydrogens is 439 g/mol. The Morgan fingerprint density at radius 3 is 2.85 bits per heavy atom. The van der Waals surface area contributed by atoms with Gasteiger partial charge in [-0.15, -0.1) is 24.0 Å². The van der Waals surface area contributed by atoms with Crippen molar-refractivity contribution in [3.63, 3.8) is 0 Å². The minimum Gasteiger partial charge on any atom is -0.370 e. The van der Waals surface area contributed by atoms with Crippen molar-refractivity contribution in [1.82, 2.24) is 0 Å². The van der Waals surface area contributed by atoms with Gasteiger partial charge in [-0.3, -0.25) is 4.79 Å². The molecule has 0 atom stereocenters. The molecule has 1 aliphatic heterocycles. The van der Waals surface area contributed by atoms with Gasteiger partial charge in [0.25, 0.3) is 0 Å². The van der Waals surface area contributed by atoms with Gasteiger partial charge in [-0.1, -0.05) is 37.3 Å². The van der Waals surface area contributed by atoms with Crippen LogP contribution in [0.2, 0.25) is 0 Å². The molecule has 0 aromatic heterocycles. The van der Waals surface area contributed by atoms with Crippen LogP contribution in [0.25, 0.3) is 0 Å². The van der Waals surface area contributed by atoms with Gasteiger partial charge in [0.15, 0.2) is 5.96 Å². The highest BCUT2D eigenvalue weighted by Crippen LogP contribution is 2.26. The molecule has 3 rings (SSSR count). The van der Waals surface area contributed by atoms with E-state index < -0.39 is 0 Å². The second-order valence-corrected chi connectivity index (χ2v) is 6.16. The summed E-state index contributed by atoms with van der Waals surface area (Å²) >= 11 is 0. The van der Waals surface area contributed by atoms with Gasteiger partial charge in [-0.05, 0) is 48.6 Å². The van der Waals surface area contributed by atoms with E-state index in [4.69, 9.17) is 5.73 Å². The van der Waals surface area contributed by atoms with Crippen LogP contribution in [0.1, 0.15) is 24.5 Å². The third-order valence-corrected chi connectivity index (χ3v) is 4.40. The maximum Gasteiger partial charge on any atom is 0.248 e. The van der Waals surface area contributed by atoms with Crippen LogP contribution in [0, 0.1) is 0 Å². The number of fused-ring (bicyclic) bond motifs is 1. The Bertz CT molecular complexity index is 791. The van der Waals surface area contributed by atoms with Crippen molar-refractivity contribution in [2.75, 3.05) is 23.3 Å². The van der Waals surface area contributed by atoms with Crippen LogP contribution in [0.3, 0.4) is 0 Å². The maximum atomic E-state index is 12.6. The first-order valence-electron chi connectivity index (χ1n) is 8.71. The summed E-state index contributed by atoms with van der Waals surface area (Å²) in [6.07, 6.45) is 2.95. The number of nitrogens with one attached hydrogen (secondary N) is 1. The first-order chi connectivity index (χ1) is 12.2. The van der Waals surface area contributed by atoms with Gasteiger partial charge in [0, 0.05) is 17.9 Å². The molecule has 0 unspecified atom stereocenters. The van der Waals surface area contributed by atoms with Crippen LogP contribution in [-0.4, -0.2) is 25.0 Å². The smallest absolute Gasteiger partial charge is 0.248 e. The number of aliphatic imine (C=N–C) groups is 1. The summed E-state index contributed by atoms with van der Waals surface area (Å²) in [5.41, 5.74) is 10.3. The third kappa shape index (κ3) is 4.97. The Morgan fingerprint density at radius 2 is 2.04 bits per heavy atom. The van der Waals surface area contributed by atoms with E-state index in [0.29, 0.717) is 0 Å². The lowest BCUT2D eigenvalue weighted by atomic mass is 10.0. The number of benzene rings is 2. The average Bonchev–Trinajstić information content (AvgIpc) is 2.65. The van der Waals surface area contributed by atoms with Crippen LogP contribution in [0.5, 0.6) is 0 Å². The second-order valence-electron chi connectivity index (χ2n) is 6.16. The SMILES string of the molecule is CCc1cccc(NC(N)=NCC(=O)N2CCCc3ccccc32)c1.I. The zero-order valence-corrected chi connectivity index (χ0v) is 17.3. The quantitative estimate of drug-likeness (QED) is 0.413. The van der Waals surface area contributed by atoms with E-state index in [2.05, 4.69) is 29.4 Å². The number of amides is 1. The van der Waals surface area contributed by atoms with E-state index in [9.17, 15) is 4.79 Å².